The summed E-state index contributed by atoms with van der Waals surface area (Å²) in [4.78, 5) is 26.5. The van der Waals surface area contributed by atoms with E-state index in [2.05, 4.69) is 32.2 Å². The molecule has 5 heteroatoms. The first-order valence-electron chi connectivity index (χ1n) is 10.7. The van der Waals surface area contributed by atoms with Crippen LogP contribution in [-0.2, 0) is 11.3 Å². The van der Waals surface area contributed by atoms with Crippen LogP contribution in [0.2, 0.25) is 0 Å². The van der Waals surface area contributed by atoms with E-state index in [1.54, 1.807) is 18.9 Å². The standard InChI is InChI=1S/C25H32N2O3/c1-16(2)23-13-12-22(14-17(23)3)30-18(4)25(29)27(5)15-19-6-8-20(9-7-19)24(28)26-21-10-11-21/h6-9,12-14,16,18,21H,10-11,15H2,1-5H3,(H,26,28). The predicted octanol–water partition coefficient (Wildman–Crippen LogP) is 4.44. The van der Waals surface area contributed by atoms with E-state index in [0.717, 1.165) is 18.4 Å². The summed E-state index contributed by atoms with van der Waals surface area (Å²) < 4.78 is 5.90. The molecule has 1 aliphatic rings. The number of hydrogen-bond donors (Lipinski definition) is 1. The monoisotopic (exact) mass is 408 g/mol. The smallest absolute Gasteiger partial charge is 0.263 e. The molecule has 2 aromatic rings. The first kappa shape index (κ1) is 21.9. The summed E-state index contributed by atoms with van der Waals surface area (Å²) >= 11 is 0. The number of aryl methyl sites for hydroxylation is 1. The third kappa shape index (κ3) is 5.62. The van der Waals surface area contributed by atoms with Crippen LogP contribution in [0.15, 0.2) is 42.5 Å². The van der Waals surface area contributed by atoms with Crippen molar-refractivity contribution >= 4 is 11.8 Å². The van der Waals surface area contributed by atoms with Gasteiger partial charge in [0, 0.05) is 25.2 Å². The van der Waals surface area contributed by atoms with Gasteiger partial charge in [-0.2, -0.15) is 0 Å². The second-order valence-electron chi connectivity index (χ2n) is 8.57. The first-order chi connectivity index (χ1) is 14.2. The van der Waals surface area contributed by atoms with Crippen molar-refractivity contribution in [2.75, 3.05) is 7.05 Å². The molecule has 160 valence electrons. The average Bonchev–Trinajstić information content (AvgIpc) is 3.51. The van der Waals surface area contributed by atoms with Crippen molar-refractivity contribution in [2.24, 2.45) is 0 Å². The summed E-state index contributed by atoms with van der Waals surface area (Å²) in [7, 11) is 1.77. The minimum atomic E-state index is -0.581. The molecule has 1 N–H and O–H groups in total. The molecule has 1 atom stereocenters. The Morgan fingerprint density at radius 2 is 1.77 bits per heavy atom. The van der Waals surface area contributed by atoms with Gasteiger partial charge in [0.05, 0.1) is 0 Å². The molecule has 5 nitrogen and oxygen atoms in total. The highest BCUT2D eigenvalue weighted by Crippen LogP contribution is 2.24. The molecular weight excluding hydrogens is 376 g/mol. The average molecular weight is 409 g/mol. The van der Waals surface area contributed by atoms with Crippen molar-refractivity contribution in [1.82, 2.24) is 10.2 Å². The number of rotatable bonds is 8. The fraction of sp³-hybridized carbons (Fsp3) is 0.440. The zero-order valence-electron chi connectivity index (χ0n) is 18.6. The van der Waals surface area contributed by atoms with Crippen molar-refractivity contribution in [3.63, 3.8) is 0 Å². The van der Waals surface area contributed by atoms with E-state index in [1.165, 1.54) is 11.1 Å². The van der Waals surface area contributed by atoms with Crippen LogP contribution < -0.4 is 10.1 Å². The molecule has 0 radical (unpaired) electrons. The maximum absolute atomic E-state index is 12.8. The van der Waals surface area contributed by atoms with Crippen molar-refractivity contribution in [1.29, 1.82) is 0 Å². The van der Waals surface area contributed by atoms with E-state index in [4.69, 9.17) is 4.74 Å². The van der Waals surface area contributed by atoms with E-state index >= 15 is 0 Å². The maximum Gasteiger partial charge on any atom is 0.263 e. The number of carbonyl (C=O) groups is 2. The van der Waals surface area contributed by atoms with Crippen LogP contribution in [0.1, 0.15) is 66.6 Å². The van der Waals surface area contributed by atoms with Gasteiger partial charge in [0.25, 0.3) is 11.8 Å². The Labute approximate surface area is 179 Å². The highest BCUT2D eigenvalue weighted by Gasteiger charge is 2.24. The number of likely N-dealkylation sites (N-methyl/N-ethyl adjacent to an activating group) is 1. The van der Waals surface area contributed by atoms with E-state index in [0.29, 0.717) is 29.8 Å². The van der Waals surface area contributed by atoms with Crippen LogP contribution in [0.5, 0.6) is 5.75 Å². The van der Waals surface area contributed by atoms with Crippen molar-refractivity contribution in [3.05, 3.63) is 64.7 Å². The molecule has 1 unspecified atom stereocenters. The summed E-state index contributed by atoms with van der Waals surface area (Å²) in [6.45, 7) is 8.62. The van der Waals surface area contributed by atoms with Gasteiger partial charge in [-0.05, 0) is 73.6 Å². The topological polar surface area (TPSA) is 58.6 Å². The van der Waals surface area contributed by atoms with Gasteiger partial charge in [-0.25, -0.2) is 0 Å². The normalized spacial score (nSPS) is 14.3. The largest absolute Gasteiger partial charge is 0.481 e. The van der Waals surface area contributed by atoms with Crippen LogP contribution in [0.4, 0.5) is 0 Å². The molecule has 1 saturated carbocycles. The Kier molecular flexibility index (Phi) is 6.80. The van der Waals surface area contributed by atoms with Crippen LogP contribution in [0.3, 0.4) is 0 Å². The van der Waals surface area contributed by atoms with Crippen molar-refractivity contribution < 1.29 is 14.3 Å². The van der Waals surface area contributed by atoms with Gasteiger partial charge in [-0.3, -0.25) is 9.59 Å². The Hall–Kier alpha value is -2.82. The molecule has 30 heavy (non-hydrogen) atoms. The van der Waals surface area contributed by atoms with Gasteiger partial charge < -0.3 is 15.0 Å². The minimum Gasteiger partial charge on any atom is -0.481 e. The number of nitrogens with one attached hydrogen (secondary N) is 1. The molecule has 2 amide bonds. The molecule has 0 saturated heterocycles. The maximum atomic E-state index is 12.8. The summed E-state index contributed by atoms with van der Waals surface area (Å²) in [6.07, 6.45) is 1.56. The number of ether oxygens (including phenoxy) is 1. The summed E-state index contributed by atoms with van der Waals surface area (Å²) in [5.41, 5.74) is 4.07. The molecule has 1 fully saturated rings. The molecule has 0 bridgehead atoms. The predicted molar refractivity (Wildman–Crippen MR) is 119 cm³/mol. The summed E-state index contributed by atoms with van der Waals surface area (Å²) in [5, 5.41) is 2.98. The quantitative estimate of drug-likeness (QED) is 0.703. The van der Waals surface area contributed by atoms with Gasteiger partial charge >= 0.3 is 0 Å². The van der Waals surface area contributed by atoms with Gasteiger partial charge in [0.1, 0.15) is 5.75 Å². The third-order valence-corrected chi connectivity index (χ3v) is 5.45. The van der Waals surface area contributed by atoms with E-state index in [-0.39, 0.29) is 11.8 Å². The van der Waals surface area contributed by atoms with Gasteiger partial charge in [0.15, 0.2) is 6.10 Å². The van der Waals surface area contributed by atoms with Gasteiger partial charge in [-0.15, -0.1) is 0 Å². The fourth-order valence-electron chi connectivity index (χ4n) is 3.54. The van der Waals surface area contributed by atoms with Gasteiger partial charge in [0.2, 0.25) is 0 Å². The van der Waals surface area contributed by atoms with Crippen LogP contribution in [0.25, 0.3) is 0 Å². The van der Waals surface area contributed by atoms with Crippen LogP contribution >= 0.6 is 0 Å². The Morgan fingerprint density at radius 3 is 2.33 bits per heavy atom. The lowest BCUT2D eigenvalue weighted by atomic mass is 9.98. The number of nitrogens with zero attached hydrogens (tertiary/aromatic N) is 1. The highest BCUT2D eigenvalue weighted by molar-refractivity contribution is 5.94. The Morgan fingerprint density at radius 1 is 1.10 bits per heavy atom. The van der Waals surface area contributed by atoms with Gasteiger partial charge in [-0.1, -0.05) is 32.0 Å². The first-order valence-corrected chi connectivity index (χ1v) is 10.7. The third-order valence-electron chi connectivity index (χ3n) is 5.45. The Bertz CT molecular complexity index is 901. The summed E-state index contributed by atoms with van der Waals surface area (Å²) in [5.74, 6) is 1.04. The fourth-order valence-corrected chi connectivity index (χ4v) is 3.54. The molecule has 3 rings (SSSR count). The zero-order chi connectivity index (χ0) is 21.8. The molecule has 0 aromatic heterocycles. The lowest BCUT2D eigenvalue weighted by molar-refractivity contribution is -0.137. The lowest BCUT2D eigenvalue weighted by Crippen LogP contribution is -2.37. The number of benzene rings is 2. The zero-order valence-corrected chi connectivity index (χ0v) is 18.6. The van der Waals surface area contributed by atoms with Crippen molar-refractivity contribution in [3.8, 4) is 5.75 Å². The minimum absolute atomic E-state index is 0.0331. The van der Waals surface area contributed by atoms with E-state index in [1.807, 2.05) is 36.4 Å². The molecule has 0 heterocycles. The Balaban J connectivity index is 1.55. The second kappa shape index (κ2) is 9.33. The highest BCUT2D eigenvalue weighted by atomic mass is 16.5. The lowest BCUT2D eigenvalue weighted by Gasteiger charge is -2.23. The molecule has 0 spiro atoms. The number of hydrogen-bond acceptors (Lipinski definition) is 3. The SMILES string of the molecule is Cc1cc(OC(C)C(=O)N(C)Cc2ccc(C(=O)NC3CC3)cc2)ccc1C(C)C. The molecular formula is C25H32N2O3. The number of amides is 2. The van der Waals surface area contributed by atoms with E-state index < -0.39 is 6.10 Å². The number of carbonyl (C=O) groups excluding carboxylic acids is 2. The van der Waals surface area contributed by atoms with E-state index in [9.17, 15) is 9.59 Å². The molecule has 0 aliphatic heterocycles. The summed E-state index contributed by atoms with van der Waals surface area (Å²) in [6, 6.07) is 13.7. The van der Waals surface area contributed by atoms with Crippen LogP contribution in [0, 0.1) is 6.92 Å². The second-order valence-corrected chi connectivity index (χ2v) is 8.57. The van der Waals surface area contributed by atoms with Crippen molar-refractivity contribution in [2.45, 2.75) is 65.1 Å². The molecule has 2 aromatic carbocycles. The molecule has 1 aliphatic carbocycles. The van der Waals surface area contributed by atoms with Crippen LogP contribution in [-0.4, -0.2) is 35.9 Å².